The molecule has 0 bridgehead atoms. The van der Waals surface area contributed by atoms with Crippen molar-refractivity contribution in [2.24, 2.45) is 0 Å². The number of nitrogens with one attached hydrogen (secondary N) is 1. The van der Waals surface area contributed by atoms with Crippen LogP contribution in [0.3, 0.4) is 0 Å². The van der Waals surface area contributed by atoms with Gasteiger partial charge in [-0.15, -0.1) is 0 Å². The second-order valence-corrected chi connectivity index (χ2v) is 7.01. The van der Waals surface area contributed by atoms with E-state index in [0.29, 0.717) is 13.2 Å². The lowest BCUT2D eigenvalue weighted by Crippen LogP contribution is -2.44. The summed E-state index contributed by atoms with van der Waals surface area (Å²) in [6.07, 6.45) is 2.12. The van der Waals surface area contributed by atoms with E-state index in [2.05, 4.69) is 27.8 Å². The van der Waals surface area contributed by atoms with Gasteiger partial charge in [-0.1, -0.05) is 0 Å². The van der Waals surface area contributed by atoms with Gasteiger partial charge in [-0.2, -0.15) is 0 Å². The Morgan fingerprint density at radius 2 is 2.08 bits per heavy atom. The molecule has 134 valence electrons. The molecule has 2 aliphatic rings. The summed E-state index contributed by atoms with van der Waals surface area (Å²) < 4.78 is 11.4. The van der Waals surface area contributed by atoms with E-state index in [9.17, 15) is 4.79 Å². The molecule has 1 N–H and O–H groups in total. The van der Waals surface area contributed by atoms with Crippen molar-refractivity contribution in [3.63, 3.8) is 0 Å². The summed E-state index contributed by atoms with van der Waals surface area (Å²) in [4.78, 5) is 19.8. The van der Waals surface area contributed by atoms with Gasteiger partial charge in [0, 0.05) is 37.0 Å². The molecule has 0 radical (unpaired) electrons. The lowest BCUT2D eigenvalue weighted by atomic mass is 10.1. The third-order valence-corrected chi connectivity index (χ3v) is 5.17. The number of aryl methyl sites for hydroxylation is 1. The van der Waals surface area contributed by atoms with E-state index in [1.807, 2.05) is 19.1 Å². The molecule has 0 saturated carbocycles. The molecule has 6 nitrogen and oxygen atoms in total. The Labute approximate surface area is 147 Å². The minimum atomic E-state index is -0.0625. The second-order valence-electron chi connectivity index (χ2n) is 7.01. The summed E-state index contributed by atoms with van der Waals surface area (Å²) in [5.74, 6) is 2.77. The molecule has 0 aliphatic carbocycles. The SMILES string of the molecule is Cc1ccc([C@H]2CCCN2c2cc(N3CCOC[C@H]3C)cc(=O)[nH]2)o1. The van der Waals surface area contributed by atoms with Gasteiger partial charge in [-0.25, -0.2) is 0 Å². The van der Waals surface area contributed by atoms with Crippen molar-refractivity contribution in [1.82, 2.24) is 4.98 Å². The first kappa shape index (κ1) is 16.3. The molecular weight excluding hydrogens is 318 g/mol. The molecular formula is C19H25N3O3. The molecule has 0 unspecified atom stereocenters. The smallest absolute Gasteiger partial charge is 0.251 e. The van der Waals surface area contributed by atoms with E-state index in [-0.39, 0.29) is 17.6 Å². The summed E-state index contributed by atoms with van der Waals surface area (Å²) in [7, 11) is 0. The van der Waals surface area contributed by atoms with Crippen molar-refractivity contribution in [3.05, 3.63) is 46.1 Å². The Morgan fingerprint density at radius 1 is 1.20 bits per heavy atom. The predicted octanol–water partition coefficient (Wildman–Crippen LogP) is 2.84. The Morgan fingerprint density at radius 3 is 2.84 bits per heavy atom. The number of furan rings is 1. The van der Waals surface area contributed by atoms with Gasteiger partial charge in [0.15, 0.2) is 0 Å². The third kappa shape index (κ3) is 3.18. The Kier molecular flexibility index (Phi) is 4.29. The first-order valence-electron chi connectivity index (χ1n) is 9.03. The zero-order valence-corrected chi connectivity index (χ0v) is 14.8. The lowest BCUT2D eigenvalue weighted by molar-refractivity contribution is 0.0989. The van der Waals surface area contributed by atoms with Gasteiger partial charge in [0.05, 0.1) is 19.3 Å². The normalized spacial score (nSPS) is 24.1. The van der Waals surface area contributed by atoms with Crippen molar-refractivity contribution in [1.29, 1.82) is 0 Å². The van der Waals surface area contributed by atoms with Gasteiger partial charge in [-0.05, 0) is 38.8 Å². The van der Waals surface area contributed by atoms with Crippen LogP contribution in [0.15, 0.2) is 33.5 Å². The number of nitrogens with zero attached hydrogens (tertiary/aromatic N) is 2. The molecule has 0 aromatic carbocycles. The molecule has 4 rings (SSSR count). The highest BCUT2D eigenvalue weighted by atomic mass is 16.5. The molecule has 2 aliphatic heterocycles. The minimum Gasteiger partial charge on any atom is -0.464 e. The summed E-state index contributed by atoms with van der Waals surface area (Å²) in [6, 6.07) is 8.28. The summed E-state index contributed by atoms with van der Waals surface area (Å²) in [5.41, 5.74) is 0.906. The number of anilines is 2. The van der Waals surface area contributed by atoms with Gasteiger partial charge < -0.3 is 23.9 Å². The largest absolute Gasteiger partial charge is 0.464 e. The number of pyridine rings is 1. The van der Waals surface area contributed by atoms with Gasteiger partial charge in [0.2, 0.25) is 0 Å². The van der Waals surface area contributed by atoms with Crippen molar-refractivity contribution in [2.45, 2.75) is 38.8 Å². The van der Waals surface area contributed by atoms with Crippen LogP contribution in [0.4, 0.5) is 11.5 Å². The summed E-state index contributed by atoms with van der Waals surface area (Å²) in [6.45, 7) is 7.22. The van der Waals surface area contributed by atoms with E-state index >= 15 is 0 Å². The van der Waals surface area contributed by atoms with Crippen LogP contribution < -0.4 is 15.4 Å². The highest BCUT2D eigenvalue weighted by molar-refractivity contribution is 5.57. The quantitative estimate of drug-likeness (QED) is 0.928. The fourth-order valence-corrected chi connectivity index (χ4v) is 3.93. The Balaban J connectivity index is 1.66. The first-order chi connectivity index (χ1) is 12.1. The van der Waals surface area contributed by atoms with Crippen LogP contribution in [0.5, 0.6) is 0 Å². The van der Waals surface area contributed by atoms with E-state index < -0.39 is 0 Å². The first-order valence-corrected chi connectivity index (χ1v) is 9.03. The zero-order valence-electron chi connectivity index (χ0n) is 14.8. The van der Waals surface area contributed by atoms with Crippen LogP contribution in [0, 0.1) is 6.92 Å². The molecule has 2 saturated heterocycles. The number of H-pyrrole nitrogens is 1. The molecule has 2 aromatic heterocycles. The monoisotopic (exact) mass is 343 g/mol. The number of hydrogen-bond acceptors (Lipinski definition) is 5. The number of aromatic nitrogens is 1. The second kappa shape index (κ2) is 6.59. The maximum atomic E-state index is 12.3. The zero-order chi connectivity index (χ0) is 17.4. The number of morpholine rings is 1. The molecule has 2 fully saturated rings. The number of aromatic amines is 1. The van der Waals surface area contributed by atoms with Crippen LogP contribution in [-0.2, 0) is 4.74 Å². The van der Waals surface area contributed by atoms with Crippen molar-refractivity contribution in [3.8, 4) is 0 Å². The van der Waals surface area contributed by atoms with Crippen LogP contribution >= 0.6 is 0 Å². The van der Waals surface area contributed by atoms with Gasteiger partial charge in [-0.3, -0.25) is 4.79 Å². The van der Waals surface area contributed by atoms with Crippen molar-refractivity contribution < 1.29 is 9.15 Å². The molecule has 2 aromatic rings. The average molecular weight is 343 g/mol. The lowest BCUT2D eigenvalue weighted by Gasteiger charge is -2.35. The molecule has 0 spiro atoms. The van der Waals surface area contributed by atoms with Crippen LogP contribution in [0.2, 0.25) is 0 Å². The summed E-state index contributed by atoms with van der Waals surface area (Å²) >= 11 is 0. The fourth-order valence-electron chi connectivity index (χ4n) is 3.93. The van der Waals surface area contributed by atoms with E-state index in [4.69, 9.17) is 9.15 Å². The molecule has 4 heterocycles. The van der Waals surface area contributed by atoms with Gasteiger partial charge >= 0.3 is 0 Å². The highest BCUT2D eigenvalue weighted by Crippen LogP contribution is 2.36. The van der Waals surface area contributed by atoms with Crippen LogP contribution in [0.1, 0.15) is 37.3 Å². The summed E-state index contributed by atoms with van der Waals surface area (Å²) in [5, 5.41) is 0. The van der Waals surface area contributed by atoms with Crippen molar-refractivity contribution in [2.75, 3.05) is 36.1 Å². The maximum absolute atomic E-state index is 12.3. The number of hydrogen-bond donors (Lipinski definition) is 1. The number of ether oxygens (including phenoxy) is 1. The average Bonchev–Trinajstić information content (AvgIpc) is 3.23. The minimum absolute atomic E-state index is 0.0625. The molecule has 25 heavy (non-hydrogen) atoms. The van der Waals surface area contributed by atoms with Crippen LogP contribution in [-0.4, -0.2) is 37.3 Å². The van der Waals surface area contributed by atoms with E-state index in [0.717, 1.165) is 49.0 Å². The van der Waals surface area contributed by atoms with E-state index in [1.54, 1.807) is 6.07 Å². The molecule has 0 amide bonds. The van der Waals surface area contributed by atoms with Crippen molar-refractivity contribution >= 4 is 11.5 Å². The Hall–Kier alpha value is -2.21. The van der Waals surface area contributed by atoms with E-state index in [1.165, 1.54) is 0 Å². The topological polar surface area (TPSA) is 61.7 Å². The predicted molar refractivity (Wildman–Crippen MR) is 97.5 cm³/mol. The van der Waals surface area contributed by atoms with Crippen LogP contribution in [0.25, 0.3) is 0 Å². The number of rotatable bonds is 3. The van der Waals surface area contributed by atoms with Gasteiger partial charge in [0.25, 0.3) is 5.56 Å². The van der Waals surface area contributed by atoms with Gasteiger partial charge in [0.1, 0.15) is 17.3 Å². The molecule has 6 heteroatoms. The molecule has 2 atom stereocenters. The highest BCUT2D eigenvalue weighted by Gasteiger charge is 2.30. The maximum Gasteiger partial charge on any atom is 0.251 e. The standard InChI is InChI=1S/C19H25N3O3/c1-13-12-24-9-8-21(13)15-10-18(20-19(23)11-15)22-7-3-4-16(22)17-6-5-14(2)25-17/h5-6,10-11,13,16H,3-4,7-9,12H2,1-2H3,(H,20,23)/t13-,16-/m1/s1. The third-order valence-electron chi connectivity index (χ3n) is 5.17. The Bertz CT molecular complexity index is 797. The fraction of sp³-hybridized carbons (Fsp3) is 0.526.